The smallest absolute Gasteiger partial charge is 0.320 e. The van der Waals surface area contributed by atoms with E-state index in [1.807, 2.05) is 6.92 Å². The number of amides is 1. The molecule has 5 nitrogen and oxygen atoms in total. The summed E-state index contributed by atoms with van der Waals surface area (Å²) in [6, 6.07) is -1.06. The summed E-state index contributed by atoms with van der Waals surface area (Å²) in [5, 5.41) is 11.2. The molecule has 5 heteroatoms. The van der Waals surface area contributed by atoms with Crippen LogP contribution in [0.4, 0.5) is 0 Å². The van der Waals surface area contributed by atoms with Crippen LogP contribution in [0.2, 0.25) is 0 Å². The SMILES string of the molecule is CCC(CC(N)C(=O)O)NC(C)=O. The van der Waals surface area contributed by atoms with Crippen LogP contribution < -0.4 is 11.1 Å². The fraction of sp³-hybridized carbons (Fsp3) is 0.750. The average molecular weight is 188 g/mol. The van der Waals surface area contributed by atoms with Crippen molar-refractivity contribution in [3.05, 3.63) is 0 Å². The van der Waals surface area contributed by atoms with Crippen LogP contribution >= 0.6 is 0 Å². The number of nitrogens with one attached hydrogen (secondary N) is 1. The fourth-order valence-electron chi connectivity index (χ4n) is 1.02. The predicted octanol–water partition coefficient (Wildman–Crippen LogP) is -0.297. The van der Waals surface area contributed by atoms with Crippen molar-refractivity contribution in [3.63, 3.8) is 0 Å². The highest BCUT2D eigenvalue weighted by Gasteiger charge is 2.17. The van der Waals surface area contributed by atoms with Crippen LogP contribution in [0.5, 0.6) is 0 Å². The van der Waals surface area contributed by atoms with Gasteiger partial charge in [-0.15, -0.1) is 0 Å². The van der Waals surface area contributed by atoms with Gasteiger partial charge in [0, 0.05) is 13.0 Å². The van der Waals surface area contributed by atoms with Crippen molar-refractivity contribution >= 4 is 11.9 Å². The van der Waals surface area contributed by atoms with Crippen LogP contribution in [0.3, 0.4) is 0 Å². The summed E-state index contributed by atoms with van der Waals surface area (Å²) in [4.78, 5) is 21.1. The maximum atomic E-state index is 10.7. The molecule has 0 aliphatic carbocycles. The summed E-state index contributed by atoms with van der Waals surface area (Å²) < 4.78 is 0. The zero-order chi connectivity index (χ0) is 10.4. The molecular formula is C8H16N2O3. The van der Waals surface area contributed by atoms with Crippen LogP contribution in [0.15, 0.2) is 0 Å². The molecule has 0 saturated heterocycles. The Labute approximate surface area is 77.3 Å². The molecule has 0 aromatic rings. The quantitative estimate of drug-likeness (QED) is 0.552. The predicted molar refractivity (Wildman–Crippen MR) is 48.1 cm³/mol. The first-order valence-corrected chi connectivity index (χ1v) is 4.22. The first-order chi connectivity index (χ1) is 5.97. The number of nitrogens with two attached hydrogens (primary N) is 1. The molecule has 76 valence electrons. The van der Waals surface area contributed by atoms with Gasteiger partial charge in [0.05, 0.1) is 0 Å². The summed E-state index contributed by atoms with van der Waals surface area (Å²) >= 11 is 0. The van der Waals surface area contributed by atoms with E-state index in [0.717, 1.165) is 0 Å². The minimum Gasteiger partial charge on any atom is -0.480 e. The normalized spacial score (nSPS) is 14.7. The van der Waals surface area contributed by atoms with Crippen molar-refractivity contribution in [2.75, 3.05) is 0 Å². The third-order valence-electron chi connectivity index (χ3n) is 1.76. The molecule has 0 heterocycles. The Morgan fingerprint density at radius 3 is 2.38 bits per heavy atom. The molecule has 1 amide bonds. The van der Waals surface area contributed by atoms with Crippen molar-refractivity contribution < 1.29 is 14.7 Å². The summed E-state index contributed by atoms with van der Waals surface area (Å²) in [5.74, 6) is -1.20. The van der Waals surface area contributed by atoms with Crippen LogP contribution in [-0.4, -0.2) is 29.1 Å². The van der Waals surface area contributed by atoms with Crippen molar-refractivity contribution in [2.24, 2.45) is 5.73 Å². The summed E-state index contributed by atoms with van der Waals surface area (Å²) in [7, 11) is 0. The average Bonchev–Trinajstić information content (AvgIpc) is 2.02. The van der Waals surface area contributed by atoms with Gasteiger partial charge in [0.1, 0.15) is 6.04 Å². The second-order valence-corrected chi connectivity index (χ2v) is 2.99. The Morgan fingerprint density at radius 1 is 1.54 bits per heavy atom. The third-order valence-corrected chi connectivity index (χ3v) is 1.76. The van der Waals surface area contributed by atoms with Gasteiger partial charge in [-0.1, -0.05) is 6.92 Å². The Morgan fingerprint density at radius 2 is 2.08 bits per heavy atom. The number of carbonyl (C=O) groups excluding carboxylic acids is 1. The van der Waals surface area contributed by atoms with E-state index in [1.165, 1.54) is 6.92 Å². The van der Waals surface area contributed by atoms with Crippen molar-refractivity contribution in [1.82, 2.24) is 5.32 Å². The zero-order valence-corrected chi connectivity index (χ0v) is 7.91. The van der Waals surface area contributed by atoms with Crippen molar-refractivity contribution in [3.8, 4) is 0 Å². The van der Waals surface area contributed by atoms with E-state index in [2.05, 4.69) is 5.32 Å². The Hall–Kier alpha value is -1.10. The molecule has 4 N–H and O–H groups in total. The van der Waals surface area contributed by atoms with Crippen LogP contribution in [0, 0.1) is 0 Å². The number of carboxylic acid groups (broad SMARTS) is 1. The van der Waals surface area contributed by atoms with Gasteiger partial charge < -0.3 is 16.2 Å². The molecule has 13 heavy (non-hydrogen) atoms. The van der Waals surface area contributed by atoms with E-state index in [9.17, 15) is 9.59 Å². The number of rotatable bonds is 5. The van der Waals surface area contributed by atoms with Crippen molar-refractivity contribution in [2.45, 2.75) is 38.8 Å². The van der Waals surface area contributed by atoms with Crippen LogP contribution in [0.25, 0.3) is 0 Å². The van der Waals surface area contributed by atoms with Gasteiger partial charge in [0.2, 0.25) is 5.91 Å². The van der Waals surface area contributed by atoms with Gasteiger partial charge in [0.25, 0.3) is 0 Å². The second kappa shape index (κ2) is 5.53. The number of carbonyl (C=O) groups is 2. The van der Waals surface area contributed by atoms with Crippen molar-refractivity contribution in [1.29, 1.82) is 0 Å². The Kier molecular flexibility index (Phi) is 5.06. The molecular weight excluding hydrogens is 172 g/mol. The number of hydrogen-bond donors (Lipinski definition) is 3. The molecule has 0 aromatic carbocycles. The van der Waals surface area contributed by atoms with E-state index in [4.69, 9.17) is 10.8 Å². The summed E-state index contributed by atoms with van der Waals surface area (Å²) in [6.45, 7) is 3.27. The Bertz CT molecular complexity index is 194. The summed E-state index contributed by atoms with van der Waals surface area (Å²) in [5.41, 5.74) is 5.32. The lowest BCUT2D eigenvalue weighted by molar-refractivity contribution is -0.139. The third kappa shape index (κ3) is 5.19. The van der Waals surface area contributed by atoms with Gasteiger partial charge in [-0.25, -0.2) is 0 Å². The minimum atomic E-state index is -1.04. The van der Waals surface area contributed by atoms with Gasteiger partial charge in [0.15, 0.2) is 0 Å². The molecule has 0 rings (SSSR count). The maximum Gasteiger partial charge on any atom is 0.320 e. The number of hydrogen-bond acceptors (Lipinski definition) is 3. The first-order valence-electron chi connectivity index (χ1n) is 4.22. The lowest BCUT2D eigenvalue weighted by Crippen LogP contribution is -2.41. The molecule has 0 radical (unpaired) electrons. The molecule has 0 aliphatic rings. The topological polar surface area (TPSA) is 92.4 Å². The lowest BCUT2D eigenvalue weighted by atomic mass is 10.1. The highest BCUT2D eigenvalue weighted by molar-refractivity contribution is 5.74. The fourth-order valence-corrected chi connectivity index (χ4v) is 1.02. The molecule has 2 atom stereocenters. The molecule has 2 unspecified atom stereocenters. The van der Waals surface area contributed by atoms with Gasteiger partial charge in [-0.3, -0.25) is 9.59 Å². The van der Waals surface area contributed by atoms with E-state index in [1.54, 1.807) is 0 Å². The molecule has 0 bridgehead atoms. The minimum absolute atomic E-state index is 0.149. The standard InChI is InChI=1S/C8H16N2O3/c1-3-6(10-5(2)11)4-7(9)8(12)13/h6-7H,3-4,9H2,1-2H3,(H,10,11)(H,12,13). The van der Waals surface area contributed by atoms with E-state index < -0.39 is 12.0 Å². The molecule has 0 fully saturated rings. The molecule has 0 spiro atoms. The molecule has 0 aromatic heterocycles. The highest BCUT2D eigenvalue weighted by atomic mass is 16.4. The molecule has 0 saturated carbocycles. The monoisotopic (exact) mass is 188 g/mol. The highest BCUT2D eigenvalue weighted by Crippen LogP contribution is 2.00. The maximum absolute atomic E-state index is 10.7. The van der Waals surface area contributed by atoms with Crippen LogP contribution in [-0.2, 0) is 9.59 Å². The number of aliphatic carboxylic acids is 1. The van der Waals surface area contributed by atoms with Crippen LogP contribution in [0.1, 0.15) is 26.7 Å². The first kappa shape index (κ1) is 11.9. The van der Waals surface area contributed by atoms with Gasteiger partial charge in [-0.2, -0.15) is 0 Å². The molecule has 0 aliphatic heterocycles. The Balaban J connectivity index is 3.97. The van der Waals surface area contributed by atoms with E-state index in [0.29, 0.717) is 6.42 Å². The van der Waals surface area contributed by atoms with E-state index in [-0.39, 0.29) is 18.4 Å². The number of carboxylic acids is 1. The summed E-state index contributed by atoms with van der Waals surface area (Å²) in [6.07, 6.45) is 0.950. The largest absolute Gasteiger partial charge is 0.480 e. The van der Waals surface area contributed by atoms with Gasteiger partial charge in [-0.05, 0) is 12.8 Å². The lowest BCUT2D eigenvalue weighted by Gasteiger charge is -2.17. The van der Waals surface area contributed by atoms with E-state index >= 15 is 0 Å². The van der Waals surface area contributed by atoms with Gasteiger partial charge >= 0.3 is 5.97 Å². The zero-order valence-electron chi connectivity index (χ0n) is 7.91. The second-order valence-electron chi connectivity index (χ2n) is 2.99.